The summed E-state index contributed by atoms with van der Waals surface area (Å²) in [5, 5.41) is 10.5. The number of rotatable bonds is 6. The summed E-state index contributed by atoms with van der Waals surface area (Å²) in [6.45, 7) is 4.58. The molecule has 1 aromatic rings. The summed E-state index contributed by atoms with van der Waals surface area (Å²) in [4.78, 5) is 5.28. The number of hydrogen-bond donors (Lipinski definition) is 2. The van der Waals surface area contributed by atoms with E-state index in [4.69, 9.17) is 4.84 Å². The molecule has 1 aliphatic carbocycles. The largest absolute Gasteiger partial charge is 0.388 e. The molecule has 0 radical (unpaired) electrons. The molecule has 0 bridgehead atoms. The first-order chi connectivity index (χ1) is 10.7. The van der Waals surface area contributed by atoms with Crippen LogP contribution in [0.15, 0.2) is 47.7 Å². The van der Waals surface area contributed by atoms with Crippen molar-refractivity contribution in [1.82, 2.24) is 5.48 Å². The topological polar surface area (TPSA) is 41.5 Å². The molecule has 0 amide bonds. The molecule has 2 N–H and O–H groups in total. The minimum absolute atomic E-state index is 0.106. The van der Waals surface area contributed by atoms with Gasteiger partial charge in [-0.3, -0.25) is 10.3 Å². The van der Waals surface area contributed by atoms with Gasteiger partial charge in [-0.25, -0.2) is 4.39 Å². The van der Waals surface area contributed by atoms with Gasteiger partial charge in [0.1, 0.15) is 5.82 Å². The Balaban J connectivity index is 2.19. The summed E-state index contributed by atoms with van der Waals surface area (Å²) in [5.74, 6) is -0.134. The number of halogens is 1. The van der Waals surface area contributed by atoms with E-state index in [2.05, 4.69) is 18.5 Å². The van der Waals surface area contributed by atoms with Gasteiger partial charge in [-0.1, -0.05) is 37.6 Å². The maximum absolute atomic E-state index is 13.0. The Morgan fingerprint density at radius 1 is 1.32 bits per heavy atom. The fourth-order valence-electron chi connectivity index (χ4n) is 2.70. The Hall–Kier alpha value is -1.65. The van der Waals surface area contributed by atoms with E-state index >= 15 is 0 Å². The van der Waals surface area contributed by atoms with Gasteiger partial charge in [0.25, 0.3) is 0 Å². The summed E-state index contributed by atoms with van der Waals surface area (Å²) < 4.78 is 13.0. The molecule has 2 atom stereocenters. The van der Waals surface area contributed by atoms with Crippen molar-refractivity contribution in [2.24, 2.45) is 0 Å². The lowest BCUT2D eigenvalue weighted by Gasteiger charge is -2.26. The van der Waals surface area contributed by atoms with Crippen molar-refractivity contribution < 1.29 is 14.3 Å². The van der Waals surface area contributed by atoms with Crippen LogP contribution in [0.25, 0.3) is 0 Å². The molecule has 0 aromatic heterocycles. The maximum Gasteiger partial charge on any atom is 0.123 e. The lowest BCUT2D eigenvalue weighted by atomic mass is 9.84. The molecule has 3 nitrogen and oxygen atoms in total. The van der Waals surface area contributed by atoms with Gasteiger partial charge in [-0.15, -0.1) is 0 Å². The van der Waals surface area contributed by atoms with Crippen molar-refractivity contribution in [3.8, 4) is 0 Å². The van der Waals surface area contributed by atoms with Gasteiger partial charge in [0.2, 0.25) is 0 Å². The maximum atomic E-state index is 13.0. The zero-order valence-electron chi connectivity index (χ0n) is 13.2. The van der Waals surface area contributed by atoms with E-state index in [0.29, 0.717) is 13.0 Å². The van der Waals surface area contributed by atoms with Crippen molar-refractivity contribution in [2.45, 2.75) is 45.1 Å². The lowest BCUT2D eigenvalue weighted by Crippen LogP contribution is -2.24. The first-order valence-electron chi connectivity index (χ1n) is 7.88. The Labute approximate surface area is 131 Å². The highest BCUT2D eigenvalue weighted by molar-refractivity contribution is 5.36. The molecule has 0 saturated carbocycles. The van der Waals surface area contributed by atoms with E-state index in [1.807, 2.05) is 13.0 Å². The molecule has 0 heterocycles. The van der Waals surface area contributed by atoms with Crippen LogP contribution in [0.4, 0.5) is 4.39 Å². The van der Waals surface area contributed by atoms with Crippen LogP contribution in [0.2, 0.25) is 0 Å². The van der Waals surface area contributed by atoms with Gasteiger partial charge >= 0.3 is 0 Å². The minimum atomic E-state index is -0.547. The predicted octanol–water partition coefficient (Wildman–Crippen LogP) is 3.83. The Morgan fingerprint density at radius 3 is 2.64 bits per heavy atom. The van der Waals surface area contributed by atoms with Crippen molar-refractivity contribution >= 4 is 0 Å². The summed E-state index contributed by atoms with van der Waals surface area (Å²) in [6, 6.07) is 6.47. The third-order valence-corrected chi connectivity index (χ3v) is 3.83. The van der Waals surface area contributed by atoms with E-state index in [9.17, 15) is 9.50 Å². The number of allylic oxidation sites excluding steroid dienone is 2. The molecule has 1 aliphatic rings. The van der Waals surface area contributed by atoms with E-state index in [0.717, 1.165) is 29.7 Å². The predicted molar refractivity (Wildman–Crippen MR) is 85.6 cm³/mol. The summed E-state index contributed by atoms with van der Waals surface area (Å²) in [5.41, 5.74) is 5.79. The monoisotopic (exact) mass is 305 g/mol. The van der Waals surface area contributed by atoms with Crippen LogP contribution in [0.5, 0.6) is 0 Å². The first kappa shape index (κ1) is 16.7. The number of aliphatic hydroxyl groups excluding tert-OH is 1. The zero-order valence-corrected chi connectivity index (χ0v) is 13.2. The highest BCUT2D eigenvalue weighted by Crippen LogP contribution is 2.32. The Kier molecular flexibility index (Phi) is 6.16. The van der Waals surface area contributed by atoms with Crippen LogP contribution < -0.4 is 5.48 Å². The molecule has 22 heavy (non-hydrogen) atoms. The standard InChI is InChI=1S/C18H24FNO2/c1-3-5-17(20-22-4-2)16-11-8-14(12-18(16)21)13-6-9-15(19)10-7-13/h6-11,14,18,20-21H,3-5,12H2,1-2H3. The van der Waals surface area contributed by atoms with Crippen LogP contribution >= 0.6 is 0 Å². The average Bonchev–Trinajstić information content (AvgIpc) is 2.52. The van der Waals surface area contributed by atoms with E-state index in [-0.39, 0.29) is 11.7 Å². The van der Waals surface area contributed by atoms with Crippen molar-refractivity contribution in [3.63, 3.8) is 0 Å². The second-order valence-electron chi connectivity index (χ2n) is 5.49. The molecule has 2 unspecified atom stereocenters. The molecule has 0 fully saturated rings. The van der Waals surface area contributed by atoms with Crippen LogP contribution in [0.3, 0.4) is 0 Å². The second-order valence-corrected chi connectivity index (χ2v) is 5.49. The lowest BCUT2D eigenvalue weighted by molar-refractivity contribution is 0.0680. The number of hydroxylamine groups is 1. The van der Waals surface area contributed by atoms with Crippen molar-refractivity contribution in [2.75, 3.05) is 6.61 Å². The summed E-state index contributed by atoms with van der Waals surface area (Å²) in [7, 11) is 0. The normalized spacial score (nSPS) is 23.5. The van der Waals surface area contributed by atoms with E-state index < -0.39 is 6.10 Å². The highest BCUT2D eigenvalue weighted by atomic mass is 19.1. The zero-order chi connectivity index (χ0) is 15.9. The van der Waals surface area contributed by atoms with Crippen LogP contribution in [0, 0.1) is 5.82 Å². The van der Waals surface area contributed by atoms with Gasteiger partial charge in [0, 0.05) is 17.2 Å². The first-order valence-corrected chi connectivity index (χ1v) is 7.88. The molecular weight excluding hydrogens is 281 g/mol. The number of benzene rings is 1. The van der Waals surface area contributed by atoms with Gasteiger partial charge in [0.05, 0.1) is 12.7 Å². The molecule has 4 heteroatoms. The van der Waals surface area contributed by atoms with Gasteiger partial charge in [-0.2, -0.15) is 0 Å². The minimum Gasteiger partial charge on any atom is -0.388 e. The van der Waals surface area contributed by atoms with Crippen molar-refractivity contribution in [3.05, 3.63) is 59.1 Å². The van der Waals surface area contributed by atoms with E-state index in [1.54, 1.807) is 12.1 Å². The van der Waals surface area contributed by atoms with Gasteiger partial charge in [0.15, 0.2) is 0 Å². The Morgan fingerprint density at radius 2 is 2.05 bits per heavy atom. The second kappa shape index (κ2) is 8.11. The average molecular weight is 305 g/mol. The fourth-order valence-corrected chi connectivity index (χ4v) is 2.70. The molecule has 0 aliphatic heterocycles. The number of aliphatic hydroxyl groups is 1. The summed E-state index contributed by atoms with van der Waals surface area (Å²) >= 11 is 0. The van der Waals surface area contributed by atoms with Gasteiger partial charge in [-0.05, 0) is 37.5 Å². The molecule has 0 saturated heterocycles. The third-order valence-electron chi connectivity index (χ3n) is 3.83. The summed E-state index contributed by atoms with van der Waals surface area (Å²) in [6.07, 6.45) is 5.88. The third kappa shape index (κ3) is 4.18. The van der Waals surface area contributed by atoms with E-state index in [1.165, 1.54) is 12.1 Å². The van der Waals surface area contributed by atoms with Crippen molar-refractivity contribution in [1.29, 1.82) is 0 Å². The number of nitrogens with one attached hydrogen (secondary N) is 1. The fraction of sp³-hybridized carbons (Fsp3) is 0.444. The highest BCUT2D eigenvalue weighted by Gasteiger charge is 2.23. The number of hydrogen-bond acceptors (Lipinski definition) is 3. The smallest absolute Gasteiger partial charge is 0.123 e. The molecular formula is C18H24FNO2. The molecule has 120 valence electrons. The Bertz CT molecular complexity index is 537. The molecule has 0 spiro atoms. The quantitative estimate of drug-likeness (QED) is 0.785. The SMILES string of the molecule is CCCC(NOCC)=C1C=CC(c2ccc(F)cc2)CC1O. The molecule has 2 rings (SSSR count). The van der Waals surface area contributed by atoms with Crippen LogP contribution in [0.1, 0.15) is 44.6 Å². The van der Waals surface area contributed by atoms with Gasteiger partial charge < -0.3 is 5.11 Å². The van der Waals surface area contributed by atoms with Crippen LogP contribution in [-0.4, -0.2) is 17.8 Å². The van der Waals surface area contributed by atoms with Crippen LogP contribution in [-0.2, 0) is 4.84 Å². The molecule has 1 aromatic carbocycles.